The molecule has 12 aromatic rings. The van der Waals surface area contributed by atoms with Gasteiger partial charge in [-0.1, -0.05) is 60.1 Å². The molecule has 8 aliphatic rings. The van der Waals surface area contributed by atoms with E-state index in [1.54, 1.807) is 84.0 Å². The molecule has 686 valence electrons. The highest BCUT2D eigenvalue weighted by molar-refractivity contribution is 7.16. The molecule has 0 spiro atoms. The maximum atomic E-state index is 12.9. The quantitative estimate of drug-likeness (QED) is 0.0372. The van der Waals surface area contributed by atoms with Crippen molar-refractivity contribution in [2.45, 2.75) is 238 Å². The molecule has 0 saturated heterocycles. The molecular formula is C103H121ClN16O7S4. The largest absolute Gasteiger partial charge is 0.383 e. The number of ketones is 2. The van der Waals surface area contributed by atoms with Gasteiger partial charge in [0.25, 0.3) is 23.6 Å². The molecule has 4 aliphatic heterocycles. The maximum Gasteiger partial charge on any atom is 0.252 e. The SMILES string of the molecule is CC(=O)c1nc2c(s1)CCN(CCC1CCC(NC(=O)c3cccc4ncccc34)CC1)C2.CC(=O)c1nc2c(s1)CCN(CCC1CCC(NC(=O)c3cccc4ncccc34)CC1)C2.CC(C)(O)c1nc2c(s1)CCN(CCC1CCC(NC(=O)c3cccc4ncccc34)CC1)C2.O=C(NC1CCC(CCN2CCc3sc(Cl)nc3C2)CC1)c1cccc2ncccc12. The Morgan fingerprint density at radius 1 is 0.359 bits per heavy atom. The van der Waals surface area contributed by atoms with E-state index in [0.29, 0.717) is 43.0 Å². The van der Waals surface area contributed by atoms with Crippen molar-refractivity contribution >= 4 is 136 Å². The Balaban J connectivity index is 0.000000122. The van der Waals surface area contributed by atoms with E-state index in [1.807, 2.05) is 135 Å². The third kappa shape index (κ3) is 24.1. The van der Waals surface area contributed by atoms with Crippen LogP contribution in [-0.2, 0) is 57.5 Å². The van der Waals surface area contributed by atoms with Crippen molar-refractivity contribution in [2.24, 2.45) is 23.7 Å². The van der Waals surface area contributed by atoms with E-state index in [0.717, 1.165) is 264 Å². The molecule has 0 radical (unpaired) electrons. The van der Waals surface area contributed by atoms with E-state index in [4.69, 9.17) is 16.6 Å². The fourth-order valence-electron chi connectivity index (χ4n) is 20.4. The minimum Gasteiger partial charge on any atom is -0.383 e. The Hall–Kier alpha value is -9.65. The lowest BCUT2D eigenvalue weighted by Gasteiger charge is -2.32. The van der Waals surface area contributed by atoms with Crippen LogP contribution in [0.2, 0.25) is 4.47 Å². The summed E-state index contributed by atoms with van der Waals surface area (Å²) >= 11 is 12.5. The molecule has 4 fully saturated rings. The number of carbonyl (C=O) groups is 6. The number of halogens is 1. The van der Waals surface area contributed by atoms with Gasteiger partial charge in [-0.3, -0.25) is 68.3 Å². The molecule has 0 atom stereocenters. The van der Waals surface area contributed by atoms with Gasteiger partial charge in [-0.25, -0.2) is 19.9 Å². The number of thiazole rings is 4. The molecule has 4 amide bonds. The van der Waals surface area contributed by atoms with E-state index < -0.39 is 5.60 Å². The number of hydrogen-bond donors (Lipinski definition) is 5. The number of benzene rings is 4. The van der Waals surface area contributed by atoms with Crippen molar-refractivity contribution in [1.82, 2.24) is 80.7 Å². The fraction of sp³-hybridized carbons (Fsp3) is 0.476. The van der Waals surface area contributed by atoms with Gasteiger partial charge in [0.1, 0.15) is 10.6 Å². The summed E-state index contributed by atoms with van der Waals surface area (Å²) in [6.45, 7) is 19.1. The average molecular weight is 1860 g/mol. The van der Waals surface area contributed by atoms with Gasteiger partial charge < -0.3 is 26.4 Å². The van der Waals surface area contributed by atoms with Crippen LogP contribution in [0.5, 0.6) is 0 Å². The predicted octanol–water partition coefficient (Wildman–Crippen LogP) is 19.0. The van der Waals surface area contributed by atoms with Crippen molar-refractivity contribution in [3.8, 4) is 0 Å². The highest BCUT2D eigenvalue weighted by Gasteiger charge is 2.34. The number of rotatable bonds is 23. The third-order valence-electron chi connectivity index (χ3n) is 28.0. The summed E-state index contributed by atoms with van der Waals surface area (Å²) in [7, 11) is 0. The Bertz CT molecular complexity index is 5810. The Labute approximate surface area is 788 Å². The van der Waals surface area contributed by atoms with Crippen molar-refractivity contribution in [3.05, 3.63) is 230 Å². The second-order valence-corrected chi connectivity index (χ2v) is 42.6. The number of fused-ring (bicyclic) bond motifs is 8. The second-order valence-electron chi connectivity index (χ2n) is 37.7. The fourth-order valence-corrected chi connectivity index (χ4v) is 24.5. The molecule has 5 N–H and O–H groups in total. The minimum absolute atomic E-state index is 0.00867. The lowest BCUT2D eigenvalue weighted by atomic mass is 9.84. The Morgan fingerprint density at radius 3 is 0.908 bits per heavy atom. The first-order valence-corrected chi connectivity index (χ1v) is 51.1. The molecule has 28 heteroatoms. The van der Waals surface area contributed by atoms with Crippen LogP contribution in [0.4, 0.5) is 0 Å². The van der Waals surface area contributed by atoms with Crippen LogP contribution in [0.3, 0.4) is 0 Å². The molecule has 8 aromatic heterocycles. The zero-order chi connectivity index (χ0) is 90.5. The molecule has 0 unspecified atom stereocenters. The summed E-state index contributed by atoms with van der Waals surface area (Å²) in [5, 5.41) is 29.1. The number of pyridine rings is 4. The van der Waals surface area contributed by atoms with Crippen molar-refractivity contribution in [1.29, 1.82) is 0 Å². The normalized spacial score (nSPS) is 21.3. The van der Waals surface area contributed by atoms with E-state index in [2.05, 4.69) is 75.8 Å². The first kappa shape index (κ1) is 93.2. The zero-order valence-electron chi connectivity index (χ0n) is 75.7. The zero-order valence-corrected chi connectivity index (χ0v) is 79.7. The van der Waals surface area contributed by atoms with Crippen molar-refractivity contribution < 1.29 is 33.9 Å². The number of carbonyl (C=O) groups excluding carboxylic acids is 6. The van der Waals surface area contributed by atoms with Gasteiger partial charge in [0.05, 0.1) is 44.8 Å². The summed E-state index contributed by atoms with van der Waals surface area (Å²) in [6, 6.07) is 39.4. The molecule has 131 heavy (non-hydrogen) atoms. The monoisotopic (exact) mass is 1860 g/mol. The lowest BCUT2D eigenvalue weighted by Crippen LogP contribution is -2.38. The molecule has 4 aliphatic carbocycles. The number of aromatic nitrogens is 8. The number of nitrogens with one attached hydrogen (secondary N) is 4. The number of hydrogen-bond acceptors (Lipinski definition) is 23. The topological polar surface area (TPSA) is 287 Å². The van der Waals surface area contributed by atoms with E-state index >= 15 is 0 Å². The maximum absolute atomic E-state index is 12.9. The van der Waals surface area contributed by atoms with E-state index in [9.17, 15) is 33.9 Å². The molecule has 4 aromatic carbocycles. The molecule has 0 bridgehead atoms. The number of aliphatic hydroxyl groups is 1. The van der Waals surface area contributed by atoms with Gasteiger partial charge in [0, 0.05) is 178 Å². The highest BCUT2D eigenvalue weighted by atomic mass is 35.5. The molecule has 12 heterocycles. The van der Waals surface area contributed by atoms with Crippen LogP contribution in [0.15, 0.2) is 146 Å². The summed E-state index contributed by atoms with van der Waals surface area (Å²) in [5.74, 6) is 3.09. The predicted molar refractivity (Wildman–Crippen MR) is 523 cm³/mol. The van der Waals surface area contributed by atoms with Crippen LogP contribution < -0.4 is 21.3 Å². The van der Waals surface area contributed by atoms with Gasteiger partial charge in [-0.05, 0) is 291 Å². The first-order valence-electron chi connectivity index (χ1n) is 47.5. The van der Waals surface area contributed by atoms with Gasteiger partial charge in [0.2, 0.25) is 0 Å². The standard InChI is InChI=1S/C27H34N4O2S.2C26H30N4O2S.C24H27ClN4OS/c1-27(2,33)26-30-23-17-31(16-13-24(23)34-26)15-12-18-8-10-19(11-9-18)29-25(32)21-5-3-7-22-20(21)6-4-14-28-22;2*1-17(31)26-29-23-16-30(15-12-24(23)33-26)14-11-18-7-9-19(10-8-18)28-25(32)21-4-2-6-22-20(21)5-3-13-27-22;25-24-28-21-15-29(14-11-22(21)31-24)13-10-16-6-8-17(9-7-16)27-23(30)19-3-1-5-20-18(19)4-2-12-26-20/h3-7,14,18-19,33H,8-13,15-17H2,1-2H3,(H,29,32);2*2-6,13,18-19H,7-12,14-16H2,1H3,(H,28,32);1-5,12,16-17H,6-11,13-15H2,(H,27,30). The average Bonchev–Trinajstić information content (AvgIpc) is 1.47. The van der Waals surface area contributed by atoms with Gasteiger partial charge in [-0.2, -0.15) is 0 Å². The van der Waals surface area contributed by atoms with Gasteiger partial charge in [-0.15, -0.1) is 45.3 Å². The van der Waals surface area contributed by atoms with Crippen LogP contribution in [-0.4, -0.2) is 176 Å². The van der Waals surface area contributed by atoms with Crippen molar-refractivity contribution in [2.75, 3.05) is 52.4 Å². The second kappa shape index (κ2) is 43.6. The Morgan fingerprint density at radius 2 is 0.626 bits per heavy atom. The van der Waals surface area contributed by atoms with E-state index in [-0.39, 0.29) is 59.4 Å². The molecule has 20 rings (SSSR count). The number of amides is 4. The Kier molecular flexibility index (Phi) is 31.0. The van der Waals surface area contributed by atoms with E-state index in [1.165, 1.54) is 76.6 Å². The van der Waals surface area contributed by atoms with Crippen LogP contribution in [0.25, 0.3) is 43.6 Å². The molecule has 23 nitrogen and oxygen atoms in total. The summed E-state index contributed by atoms with van der Waals surface area (Å²) in [6.07, 6.45) is 33.7. The van der Waals surface area contributed by atoms with Crippen LogP contribution >= 0.6 is 56.9 Å². The lowest BCUT2D eigenvalue weighted by molar-refractivity contribution is 0.0777. The van der Waals surface area contributed by atoms with Crippen LogP contribution in [0, 0.1) is 23.7 Å². The first-order chi connectivity index (χ1) is 63.6. The summed E-state index contributed by atoms with van der Waals surface area (Å²) in [4.78, 5) is 126. The number of Topliss-reactive ketones (excluding diaryl/α,β-unsaturated/α-hetero) is 2. The van der Waals surface area contributed by atoms with Crippen molar-refractivity contribution in [3.63, 3.8) is 0 Å². The third-order valence-corrected chi connectivity index (χ3v) is 33.3. The smallest absolute Gasteiger partial charge is 0.252 e. The molecule has 4 saturated carbocycles. The highest BCUT2D eigenvalue weighted by Crippen LogP contribution is 2.38. The van der Waals surface area contributed by atoms with Gasteiger partial charge in [0.15, 0.2) is 26.0 Å². The molecular weight excluding hydrogens is 1740 g/mol. The summed E-state index contributed by atoms with van der Waals surface area (Å²) < 4.78 is 0.673. The van der Waals surface area contributed by atoms with Crippen LogP contribution in [0.1, 0.15) is 264 Å². The minimum atomic E-state index is -0.856. The number of nitrogens with zero attached hydrogens (tertiary/aromatic N) is 12. The van der Waals surface area contributed by atoms with Gasteiger partial charge >= 0.3 is 0 Å². The summed E-state index contributed by atoms with van der Waals surface area (Å²) in [5.41, 5.74) is 9.98.